The number of nitrogens with one attached hydrogen (secondary N) is 1. The number of amides is 1. The van der Waals surface area contributed by atoms with Crippen LogP contribution < -0.4 is 21.3 Å². The van der Waals surface area contributed by atoms with Crippen molar-refractivity contribution in [2.24, 2.45) is 14.1 Å². The number of rotatable bonds is 4. The molecule has 0 spiro atoms. The highest BCUT2D eigenvalue weighted by molar-refractivity contribution is 6.02. The van der Waals surface area contributed by atoms with Crippen LogP contribution in [-0.2, 0) is 18.9 Å². The van der Waals surface area contributed by atoms with E-state index in [1.165, 1.54) is 44.1 Å². The Bertz CT molecular complexity index is 922. The molecule has 1 N–H and O–H groups in total. The first-order chi connectivity index (χ1) is 11.3. The molecule has 1 aromatic carbocycles. The second-order valence-electron chi connectivity index (χ2n) is 5.37. The van der Waals surface area contributed by atoms with Crippen molar-refractivity contribution in [3.8, 4) is 5.75 Å². The molecule has 7 nitrogen and oxygen atoms in total. The number of hydrogen-bond donors (Lipinski definition) is 1. The lowest BCUT2D eigenvalue weighted by Crippen LogP contribution is -2.37. The molecule has 1 aromatic heterocycles. The zero-order valence-corrected chi connectivity index (χ0v) is 14.0. The van der Waals surface area contributed by atoms with Crippen LogP contribution in [0.15, 0.2) is 40.1 Å². The zero-order chi connectivity index (χ0) is 17.9. The highest BCUT2D eigenvalue weighted by atomic mass is 16.5. The van der Waals surface area contributed by atoms with Crippen LogP contribution in [0.1, 0.15) is 11.1 Å². The Hall–Kier alpha value is -3.09. The Morgan fingerprint density at radius 1 is 1.25 bits per heavy atom. The molecule has 0 bridgehead atoms. The molecular formula is C17H19N3O4. The summed E-state index contributed by atoms with van der Waals surface area (Å²) in [5.74, 6) is 0.134. The molecule has 1 heterocycles. The van der Waals surface area contributed by atoms with Crippen molar-refractivity contribution in [1.82, 2.24) is 9.13 Å². The van der Waals surface area contributed by atoms with Crippen LogP contribution >= 0.6 is 0 Å². The first-order valence-corrected chi connectivity index (χ1v) is 7.24. The summed E-state index contributed by atoms with van der Waals surface area (Å²) >= 11 is 0. The summed E-state index contributed by atoms with van der Waals surface area (Å²) < 4.78 is 7.47. The molecule has 24 heavy (non-hydrogen) atoms. The van der Waals surface area contributed by atoms with Crippen molar-refractivity contribution < 1.29 is 9.53 Å². The lowest BCUT2D eigenvalue weighted by atomic mass is 10.2. The van der Waals surface area contributed by atoms with Crippen molar-refractivity contribution in [2.75, 3.05) is 12.4 Å². The third kappa shape index (κ3) is 3.62. The predicted molar refractivity (Wildman–Crippen MR) is 92.3 cm³/mol. The Kier molecular flexibility index (Phi) is 5.03. The summed E-state index contributed by atoms with van der Waals surface area (Å²) in [5, 5.41) is 2.70. The van der Waals surface area contributed by atoms with Gasteiger partial charge in [0, 0.05) is 26.4 Å². The molecule has 7 heteroatoms. The average Bonchev–Trinajstić information content (AvgIpc) is 2.55. The Morgan fingerprint density at radius 2 is 1.96 bits per heavy atom. The molecule has 0 aliphatic heterocycles. The van der Waals surface area contributed by atoms with E-state index in [-0.39, 0.29) is 5.56 Å². The molecule has 126 valence electrons. The lowest BCUT2D eigenvalue weighted by molar-refractivity contribution is -0.111. The number of ether oxygens (including phenoxy) is 1. The van der Waals surface area contributed by atoms with Gasteiger partial charge in [-0.05, 0) is 30.7 Å². The number of hydrogen-bond acceptors (Lipinski definition) is 4. The van der Waals surface area contributed by atoms with Crippen molar-refractivity contribution in [3.63, 3.8) is 0 Å². The van der Waals surface area contributed by atoms with Crippen molar-refractivity contribution in [2.45, 2.75) is 6.92 Å². The van der Waals surface area contributed by atoms with Crippen LogP contribution in [0.2, 0.25) is 0 Å². The number of aryl methyl sites for hydroxylation is 2. The van der Waals surface area contributed by atoms with E-state index in [0.717, 1.165) is 10.1 Å². The quantitative estimate of drug-likeness (QED) is 0.850. The number of methoxy groups -OCH3 is 1. The fourth-order valence-corrected chi connectivity index (χ4v) is 2.21. The fourth-order valence-electron chi connectivity index (χ4n) is 2.21. The molecule has 0 radical (unpaired) electrons. The molecule has 2 rings (SSSR count). The topological polar surface area (TPSA) is 82.3 Å². The molecule has 0 aliphatic carbocycles. The SMILES string of the molecule is COc1ccc(C)cc1NC(=O)/C=C/c1cn(C)c(=O)n(C)c1=O. The summed E-state index contributed by atoms with van der Waals surface area (Å²) in [6.45, 7) is 1.90. The monoisotopic (exact) mass is 329 g/mol. The Morgan fingerprint density at radius 3 is 2.62 bits per heavy atom. The number of anilines is 1. The average molecular weight is 329 g/mol. The standard InChI is InChI=1S/C17H19N3O4/c1-11-5-7-14(24-4)13(9-11)18-15(21)8-6-12-10-19(2)17(23)20(3)16(12)22/h5-10H,1-4H3,(H,18,21)/b8-6+. The largest absolute Gasteiger partial charge is 0.495 e. The number of carbonyl (C=O) groups is 1. The third-order valence-corrected chi connectivity index (χ3v) is 3.50. The highest BCUT2D eigenvalue weighted by Crippen LogP contribution is 2.25. The van der Waals surface area contributed by atoms with Gasteiger partial charge in [-0.2, -0.15) is 0 Å². The summed E-state index contributed by atoms with van der Waals surface area (Å²) in [5.41, 5.74) is 0.870. The summed E-state index contributed by atoms with van der Waals surface area (Å²) in [4.78, 5) is 35.7. The second-order valence-corrected chi connectivity index (χ2v) is 5.37. The minimum absolute atomic E-state index is 0.242. The maximum absolute atomic E-state index is 12.1. The van der Waals surface area contributed by atoms with E-state index in [1.54, 1.807) is 12.1 Å². The normalized spacial score (nSPS) is 10.8. The van der Waals surface area contributed by atoms with E-state index in [1.807, 2.05) is 13.0 Å². The molecule has 2 aromatic rings. The number of carbonyl (C=O) groups excluding carboxylic acids is 1. The van der Waals surface area contributed by atoms with Gasteiger partial charge in [0.1, 0.15) is 5.75 Å². The Balaban J connectivity index is 2.25. The molecule has 0 aliphatic rings. The van der Waals surface area contributed by atoms with Gasteiger partial charge in [0.2, 0.25) is 5.91 Å². The first-order valence-electron chi connectivity index (χ1n) is 7.24. The molecule has 0 atom stereocenters. The third-order valence-electron chi connectivity index (χ3n) is 3.50. The van der Waals surface area contributed by atoms with Gasteiger partial charge in [-0.3, -0.25) is 14.2 Å². The van der Waals surface area contributed by atoms with Gasteiger partial charge >= 0.3 is 5.69 Å². The maximum Gasteiger partial charge on any atom is 0.330 e. The number of aromatic nitrogens is 2. The van der Waals surface area contributed by atoms with Gasteiger partial charge in [0.05, 0.1) is 18.4 Å². The molecule has 1 amide bonds. The van der Waals surface area contributed by atoms with E-state index >= 15 is 0 Å². The van der Waals surface area contributed by atoms with Crippen LogP contribution in [0.25, 0.3) is 6.08 Å². The summed E-state index contributed by atoms with van der Waals surface area (Å²) in [7, 11) is 4.45. The minimum Gasteiger partial charge on any atom is -0.495 e. The minimum atomic E-state index is -0.463. The van der Waals surface area contributed by atoms with Crippen LogP contribution in [0.3, 0.4) is 0 Å². The lowest BCUT2D eigenvalue weighted by Gasteiger charge is -2.09. The van der Waals surface area contributed by atoms with Gasteiger partial charge < -0.3 is 14.6 Å². The van der Waals surface area contributed by atoms with E-state index in [0.29, 0.717) is 11.4 Å². The van der Waals surface area contributed by atoms with Crippen LogP contribution in [0.5, 0.6) is 5.75 Å². The molecule has 0 unspecified atom stereocenters. The summed E-state index contributed by atoms with van der Waals surface area (Å²) in [6, 6.07) is 5.42. The summed E-state index contributed by atoms with van der Waals surface area (Å²) in [6.07, 6.45) is 4.00. The van der Waals surface area contributed by atoms with E-state index < -0.39 is 17.2 Å². The van der Waals surface area contributed by atoms with E-state index in [2.05, 4.69) is 5.32 Å². The van der Waals surface area contributed by atoms with Gasteiger partial charge in [-0.25, -0.2) is 4.79 Å². The maximum atomic E-state index is 12.1. The van der Waals surface area contributed by atoms with Crippen LogP contribution in [0, 0.1) is 6.92 Å². The first kappa shape index (κ1) is 17.3. The molecule has 0 saturated carbocycles. The zero-order valence-electron chi connectivity index (χ0n) is 14.0. The highest BCUT2D eigenvalue weighted by Gasteiger charge is 2.07. The van der Waals surface area contributed by atoms with Crippen molar-refractivity contribution >= 4 is 17.7 Å². The van der Waals surface area contributed by atoms with Gasteiger partial charge in [-0.1, -0.05) is 6.07 Å². The van der Waals surface area contributed by atoms with Gasteiger partial charge in [0.15, 0.2) is 0 Å². The predicted octanol–water partition coefficient (Wildman–Crippen LogP) is 1.05. The smallest absolute Gasteiger partial charge is 0.330 e. The van der Waals surface area contributed by atoms with E-state index in [9.17, 15) is 14.4 Å². The number of nitrogens with zero attached hydrogens (tertiary/aromatic N) is 2. The molecular weight excluding hydrogens is 310 g/mol. The second kappa shape index (κ2) is 6.99. The molecule has 0 fully saturated rings. The van der Waals surface area contributed by atoms with Gasteiger partial charge in [-0.15, -0.1) is 0 Å². The molecule has 0 saturated heterocycles. The van der Waals surface area contributed by atoms with Crippen molar-refractivity contribution in [1.29, 1.82) is 0 Å². The Labute approximate surface area is 138 Å². The number of benzene rings is 1. The van der Waals surface area contributed by atoms with E-state index in [4.69, 9.17) is 4.74 Å². The van der Waals surface area contributed by atoms with Crippen molar-refractivity contribution in [3.05, 3.63) is 62.4 Å². The van der Waals surface area contributed by atoms with Crippen LogP contribution in [-0.4, -0.2) is 22.2 Å². The van der Waals surface area contributed by atoms with Gasteiger partial charge in [0.25, 0.3) is 5.56 Å². The van der Waals surface area contributed by atoms with Crippen LogP contribution in [0.4, 0.5) is 5.69 Å². The fraction of sp³-hybridized carbons (Fsp3) is 0.235.